The predicted octanol–water partition coefficient (Wildman–Crippen LogP) is -0.639. The predicted molar refractivity (Wildman–Crippen MR) is 46.5 cm³/mol. The van der Waals surface area contributed by atoms with Gasteiger partial charge in [0, 0.05) is 13.1 Å². The highest BCUT2D eigenvalue weighted by atomic mass is 16.7. The van der Waals surface area contributed by atoms with E-state index in [1.54, 1.807) is 5.01 Å². The summed E-state index contributed by atoms with van der Waals surface area (Å²) in [6.45, 7) is 4.63. The molecule has 2 rings (SSSR count). The molecule has 0 radical (unpaired) electrons. The van der Waals surface area contributed by atoms with E-state index in [2.05, 4.69) is 15.3 Å². The van der Waals surface area contributed by atoms with Crippen molar-refractivity contribution in [3.8, 4) is 0 Å². The first kappa shape index (κ1) is 8.93. The van der Waals surface area contributed by atoms with Gasteiger partial charge < -0.3 is 9.74 Å². The van der Waals surface area contributed by atoms with E-state index in [0.29, 0.717) is 6.54 Å². The fraction of sp³-hybridized carbons (Fsp3) is 0.875. The molecule has 0 aromatic carbocycles. The molecule has 5 nitrogen and oxygen atoms in total. The topological polar surface area (TPSA) is 44.8 Å². The normalized spacial score (nSPS) is 25.4. The van der Waals surface area contributed by atoms with Gasteiger partial charge >= 0.3 is 5.97 Å². The summed E-state index contributed by atoms with van der Waals surface area (Å²) >= 11 is 0. The Kier molecular flexibility index (Phi) is 2.77. The van der Waals surface area contributed by atoms with Gasteiger partial charge in [0.05, 0.1) is 0 Å². The van der Waals surface area contributed by atoms with Crippen LogP contribution >= 0.6 is 0 Å². The van der Waals surface area contributed by atoms with E-state index in [0.717, 1.165) is 13.1 Å². The fourth-order valence-corrected chi connectivity index (χ4v) is 1.73. The average Bonchev–Trinajstić information content (AvgIpc) is 2.71. The Balaban J connectivity index is 1.64. The number of carbonyl (C=O) groups is 1. The van der Waals surface area contributed by atoms with Gasteiger partial charge in [0.15, 0.2) is 0 Å². The Hall–Kier alpha value is -0.650. The maximum absolute atomic E-state index is 10.7. The van der Waals surface area contributed by atoms with Gasteiger partial charge in [-0.2, -0.15) is 5.01 Å². The molecule has 1 N–H and O–H groups in total. The van der Waals surface area contributed by atoms with E-state index in [9.17, 15) is 4.79 Å². The maximum Gasteiger partial charge on any atom is 0.342 e. The molecule has 74 valence electrons. The molecule has 0 spiro atoms. The van der Waals surface area contributed by atoms with Crippen LogP contribution in [0.3, 0.4) is 0 Å². The lowest BCUT2D eigenvalue weighted by atomic mass is 10.4. The van der Waals surface area contributed by atoms with Gasteiger partial charge in [0.25, 0.3) is 0 Å². The molecule has 2 fully saturated rings. The van der Waals surface area contributed by atoms with Crippen LogP contribution in [0.1, 0.15) is 12.8 Å². The lowest BCUT2D eigenvalue weighted by molar-refractivity contribution is -0.143. The van der Waals surface area contributed by atoms with Crippen molar-refractivity contribution < 1.29 is 9.63 Å². The summed E-state index contributed by atoms with van der Waals surface area (Å²) in [5.74, 6) is -0.193. The summed E-state index contributed by atoms with van der Waals surface area (Å²) < 4.78 is 0. The van der Waals surface area contributed by atoms with Crippen LogP contribution in [0, 0.1) is 0 Å². The molecule has 0 atom stereocenters. The summed E-state index contributed by atoms with van der Waals surface area (Å²) in [5.41, 5.74) is 2.59. The second-order valence-electron chi connectivity index (χ2n) is 3.54. The standard InChI is InChI=1S/C8H15N3O2/c12-8-7-11(9-13-8)6-5-10-3-1-2-4-10/h9H,1-7H2. The lowest BCUT2D eigenvalue weighted by Gasteiger charge is -2.17. The number of nitrogens with one attached hydrogen (secondary N) is 1. The molecule has 0 aliphatic carbocycles. The van der Waals surface area contributed by atoms with Crippen LogP contribution in [0.4, 0.5) is 0 Å². The van der Waals surface area contributed by atoms with E-state index < -0.39 is 0 Å². The zero-order chi connectivity index (χ0) is 9.10. The zero-order valence-electron chi connectivity index (χ0n) is 7.66. The highest BCUT2D eigenvalue weighted by molar-refractivity contribution is 5.72. The minimum atomic E-state index is -0.193. The van der Waals surface area contributed by atoms with Crippen LogP contribution in [-0.2, 0) is 9.63 Å². The van der Waals surface area contributed by atoms with Gasteiger partial charge in [-0.1, -0.05) is 5.59 Å². The minimum Gasteiger partial charge on any atom is -0.354 e. The molecule has 2 aliphatic heterocycles. The van der Waals surface area contributed by atoms with E-state index in [1.165, 1.54) is 25.9 Å². The first-order valence-corrected chi connectivity index (χ1v) is 4.77. The highest BCUT2D eigenvalue weighted by Crippen LogP contribution is 2.06. The van der Waals surface area contributed by atoms with Crippen molar-refractivity contribution in [3.63, 3.8) is 0 Å². The third kappa shape index (κ3) is 2.40. The van der Waals surface area contributed by atoms with E-state index in [-0.39, 0.29) is 5.97 Å². The van der Waals surface area contributed by atoms with Crippen LogP contribution in [0.25, 0.3) is 0 Å². The third-order valence-electron chi connectivity index (χ3n) is 2.49. The van der Waals surface area contributed by atoms with E-state index in [1.807, 2.05) is 0 Å². The van der Waals surface area contributed by atoms with Gasteiger partial charge in [-0.3, -0.25) is 0 Å². The van der Waals surface area contributed by atoms with Crippen molar-refractivity contribution >= 4 is 5.97 Å². The smallest absolute Gasteiger partial charge is 0.342 e. The summed E-state index contributed by atoms with van der Waals surface area (Å²) in [7, 11) is 0. The molecule has 0 aromatic heterocycles. The number of carbonyl (C=O) groups excluding carboxylic acids is 1. The molecule has 5 heteroatoms. The van der Waals surface area contributed by atoms with Crippen molar-refractivity contribution in [1.82, 2.24) is 15.5 Å². The van der Waals surface area contributed by atoms with E-state index >= 15 is 0 Å². The molecular formula is C8H15N3O2. The molecule has 0 aromatic rings. The average molecular weight is 185 g/mol. The largest absolute Gasteiger partial charge is 0.354 e. The molecule has 13 heavy (non-hydrogen) atoms. The van der Waals surface area contributed by atoms with Gasteiger partial charge in [-0.15, -0.1) is 0 Å². The van der Waals surface area contributed by atoms with Gasteiger partial charge in [-0.05, 0) is 25.9 Å². The summed E-state index contributed by atoms with van der Waals surface area (Å²) in [6.07, 6.45) is 2.62. The van der Waals surface area contributed by atoms with Crippen molar-refractivity contribution in [2.45, 2.75) is 12.8 Å². The van der Waals surface area contributed by atoms with Crippen LogP contribution < -0.4 is 5.59 Å². The Morgan fingerprint density at radius 2 is 2.08 bits per heavy atom. The Morgan fingerprint density at radius 1 is 1.31 bits per heavy atom. The van der Waals surface area contributed by atoms with Crippen LogP contribution in [0.5, 0.6) is 0 Å². The molecule has 0 unspecified atom stereocenters. The first-order chi connectivity index (χ1) is 6.34. The Labute approximate surface area is 77.6 Å². The summed E-state index contributed by atoms with van der Waals surface area (Å²) in [4.78, 5) is 17.7. The van der Waals surface area contributed by atoms with Crippen LogP contribution in [0.2, 0.25) is 0 Å². The second-order valence-corrected chi connectivity index (χ2v) is 3.54. The molecule has 2 heterocycles. The van der Waals surface area contributed by atoms with Crippen LogP contribution in [-0.4, -0.2) is 48.6 Å². The number of hydrogen-bond donors (Lipinski definition) is 1. The second kappa shape index (κ2) is 4.04. The maximum atomic E-state index is 10.7. The SMILES string of the molecule is O=C1CN(CCN2CCCC2)NO1. The van der Waals surface area contributed by atoms with Crippen molar-refractivity contribution in [2.24, 2.45) is 0 Å². The number of nitrogens with zero attached hydrogens (tertiary/aromatic N) is 2. The summed E-state index contributed by atoms with van der Waals surface area (Å²) in [5, 5.41) is 1.81. The van der Waals surface area contributed by atoms with Gasteiger partial charge in [-0.25, -0.2) is 4.79 Å². The van der Waals surface area contributed by atoms with E-state index in [4.69, 9.17) is 0 Å². The molecule has 2 saturated heterocycles. The highest BCUT2D eigenvalue weighted by Gasteiger charge is 2.21. The fourth-order valence-electron chi connectivity index (χ4n) is 1.73. The van der Waals surface area contributed by atoms with Crippen molar-refractivity contribution in [2.75, 3.05) is 32.7 Å². The quantitative estimate of drug-likeness (QED) is 0.633. The van der Waals surface area contributed by atoms with Gasteiger partial charge in [0.2, 0.25) is 0 Å². The minimum absolute atomic E-state index is 0.193. The Bertz CT molecular complexity index is 192. The molecular weight excluding hydrogens is 170 g/mol. The number of hydrazine groups is 1. The number of hydrogen-bond acceptors (Lipinski definition) is 5. The zero-order valence-corrected chi connectivity index (χ0v) is 7.66. The van der Waals surface area contributed by atoms with Crippen LogP contribution in [0.15, 0.2) is 0 Å². The Morgan fingerprint density at radius 3 is 2.69 bits per heavy atom. The third-order valence-corrected chi connectivity index (χ3v) is 2.49. The molecule has 0 amide bonds. The summed E-state index contributed by atoms with van der Waals surface area (Å²) in [6, 6.07) is 0. The van der Waals surface area contributed by atoms with Crippen molar-refractivity contribution in [1.29, 1.82) is 0 Å². The lowest BCUT2D eigenvalue weighted by Crippen LogP contribution is -2.37. The van der Waals surface area contributed by atoms with Gasteiger partial charge in [0.1, 0.15) is 6.54 Å². The first-order valence-electron chi connectivity index (χ1n) is 4.77. The number of likely N-dealkylation sites (tertiary alicyclic amines) is 1. The molecule has 0 bridgehead atoms. The molecule has 0 saturated carbocycles. The molecule has 2 aliphatic rings. The van der Waals surface area contributed by atoms with Crippen molar-refractivity contribution in [3.05, 3.63) is 0 Å². The number of rotatable bonds is 3. The monoisotopic (exact) mass is 185 g/mol.